The molecule has 27 heavy (non-hydrogen) atoms. The molecule has 0 fully saturated rings. The second-order valence-corrected chi connectivity index (χ2v) is 6.13. The zero-order valence-electron chi connectivity index (χ0n) is 14.5. The van der Waals surface area contributed by atoms with Gasteiger partial charge in [0, 0.05) is 12.2 Å². The predicted molar refractivity (Wildman–Crippen MR) is 105 cm³/mol. The van der Waals surface area contributed by atoms with Gasteiger partial charge in [-0.15, -0.1) is 5.10 Å². The second kappa shape index (κ2) is 7.69. The summed E-state index contributed by atoms with van der Waals surface area (Å²) in [5, 5.41) is 20.7. The Labute approximate surface area is 155 Å². The van der Waals surface area contributed by atoms with Gasteiger partial charge in [0.1, 0.15) is 0 Å². The monoisotopic (exact) mass is 361 g/mol. The summed E-state index contributed by atoms with van der Waals surface area (Å²) in [7, 11) is 0. The van der Waals surface area contributed by atoms with E-state index in [4.69, 9.17) is 0 Å². The molecule has 0 bridgehead atoms. The summed E-state index contributed by atoms with van der Waals surface area (Å²) in [6.45, 7) is 0.729. The highest BCUT2D eigenvalue weighted by Crippen LogP contribution is 2.21. The van der Waals surface area contributed by atoms with Crippen LogP contribution in [0.5, 0.6) is 0 Å². The van der Waals surface area contributed by atoms with E-state index in [0.717, 1.165) is 29.7 Å². The fourth-order valence-corrected chi connectivity index (χ4v) is 2.98. The average molecular weight is 361 g/mol. The molecule has 0 spiro atoms. The van der Waals surface area contributed by atoms with Crippen LogP contribution in [0.1, 0.15) is 18.0 Å². The number of rotatable bonds is 7. The van der Waals surface area contributed by atoms with Gasteiger partial charge >= 0.3 is 0 Å². The van der Waals surface area contributed by atoms with Gasteiger partial charge in [0.2, 0.25) is 5.95 Å². The van der Waals surface area contributed by atoms with Gasteiger partial charge in [-0.25, -0.2) is 4.98 Å². The minimum Gasteiger partial charge on any atom is -0.385 e. The summed E-state index contributed by atoms with van der Waals surface area (Å²) in [5.41, 5.74) is 2.77. The van der Waals surface area contributed by atoms with Gasteiger partial charge < -0.3 is 10.6 Å². The van der Waals surface area contributed by atoms with Crippen molar-refractivity contribution < 1.29 is 0 Å². The fourth-order valence-electron chi connectivity index (χ4n) is 2.98. The van der Waals surface area contributed by atoms with Gasteiger partial charge in [0.05, 0.1) is 29.3 Å². The van der Waals surface area contributed by atoms with E-state index in [0.29, 0.717) is 11.3 Å². The van der Waals surface area contributed by atoms with Crippen molar-refractivity contribution in [2.75, 3.05) is 17.2 Å². The number of hydrogen-bond donors (Lipinski definition) is 4. The molecular weight excluding hydrogens is 342 g/mol. The van der Waals surface area contributed by atoms with Crippen molar-refractivity contribution in [3.05, 3.63) is 76.8 Å². The molecule has 4 aromatic rings. The van der Waals surface area contributed by atoms with E-state index in [1.807, 2.05) is 36.4 Å². The molecule has 136 valence electrons. The van der Waals surface area contributed by atoms with Crippen LogP contribution in [0.3, 0.4) is 0 Å². The van der Waals surface area contributed by atoms with E-state index in [1.165, 1.54) is 0 Å². The Kier molecular flexibility index (Phi) is 4.78. The summed E-state index contributed by atoms with van der Waals surface area (Å²) < 4.78 is 0. The Bertz CT molecular complexity index is 1060. The molecule has 4 rings (SSSR count). The van der Waals surface area contributed by atoms with E-state index < -0.39 is 0 Å². The standard InChI is InChI=1S/C19H19N7O/c27-18-15-7-6-14(12-17(15)24-25-18)20-9-8-16(13-4-2-1-3-5-13)23-19-21-10-11-22-26-19/h1-7,10-12,16,20H,8-9H2,(H,21,23,26)(H2,24,25,27). The first-order valence-electron chi connectivity index (χ1n) is 8.69. The molecule has 8 nitrogen and oxygen atoms in total. The van der Waals surface area contributed by atoms with Crippen molar-refractivity contribution in [2.24, 2.45) is 0 Å². The molecule has 0 amide bonds. The molecule has 8 heteroatoms. The van der Waals surface area contributed by atoms with Gasteiger partial charge in [-0.1, -0.05) is 30.3 Å². The quantitative estimate of drug-likeness (QED) is 0.403. The maximum atomic E-state index is 11.6. The number of nitrogens with zero attached hydrogens (tertiary/aromatic N) is 3. The van der Waals surface area contributed by atoms with Crippen molar-refractivity contribution in [3.63, 3.8) is 0 Å². The lowest BCUT2D eigenvalue weighted by Gasteiger charge is -2.19. The highest BCUT2D eigenvalue weighted by atomic mass is 16.1. The van der Waals surface area contributed by atoms with Gasteiger partial charge in [-0.05, 0) is 30.2 Å². The van der Waals surface area contributed by atoms with Crippen LogP contribution in [0.25, 0.3) is 10.9 Å². The van der Waals surface area contributed by atoms with E-state index >= 15 is 0 Å². The summed E-state index contributed by atoms with van der Waals surface area (Å²) in [5.74, 6) is 0.498. The number of benzene rings is 2. The number of anilines is 2. The van der Waals surface area contributed by atoms with Crippen molar-refractivity contribution in [1.82, 2.24) is 25.4 Å². The van der Waals surface area contributed by atoms with E-state index in [9.17, 15) is 4.79 Å². The highest BCUT2D eigenvalue weighted by Gasteiger charge is 2.12. The van der Waals surface area contributed by atoms with Crippen molar-refractivity contribution in [2.45, 2.75) is 12.5 Å². The molecular formula is C19H19N7O. The lowest BCUT2D eigenvalue weighted by Crippen LogP contribution is -2.17. The summed E-state index contributed by atoms with van der Waals surface area (Å²) in [4.78, 5) is 15.8. The topological polar surface area (TPSA) is 111 Å². The number of fused-ring (bicyclic) bond motifs is 1. The highest BCUT2D eigenvalue weighted by molar-refractivity contribution is 5.81. The van der Waals surface area contributed by atoms with Crippen LogP contribution in [-0.4, -0.2) is 31.9 Å². The third-order valence-corrected chi connectivity index (χ3v) is 4.32. The second-order valence-electron chi connectivity index (χ2n) is 6.13. The third-order valence-electron chi connectivity index (χ3n) is 4.32. The molecule has 0 aliphatic heterocycles. The van der Waals surface area contributed by atoms with E-state index in [1.54, 1.807) is 12.4 Å². The van der Waals surface area contributed by atoms with Gasteiger partial charge in [0.15, 0.2) is 0 Å². The Morgan fingerprint density at radius 2 is 1.93 bits per heavy atom. The normalized spacial score (nSPS) is 12.0. The average Bonchev–Trinajstić information content (AvgIpc) is 3.09. The molecule has 4 N–H and O–H groups in total. The summed E-state index contributed by atoms with van der Waals surface area (Å²) in [6.07, 6.45) is 3.97. The third kappa shape index (κ3) is 3.95. The molecule has 0 saturated carbocycles. The number of H-pyrrole nitrogens is 2. The van der Waals surface area contributed by atoms with Gasteiger partial charge in [-0.3, -0.25) is 15.0 Å². The summed E-state index contributed by atoms with van der Waals surface area (Å²) in [6, 6.07) is 15.8. The Hall–Kier alpha value is -3.68. The number of hydrogen-bond acceptors (Lipinski definition) is 6. The van der Waals surface area contributed by atoms with Crippen LogP contribution in [0, 0.1) is 0 Å². The zero-order valence-corrected chi connectivity index (χ0v) is 14.5. The largest absolute Gasteiger partial charge is 0.385 e. The SMILES string of the molecule is O=c1[nH][nH]c2cc(NCCC(Nc3nccnn3)c3ccccc3)ccc12. The lowest BCUT2D eigenvalue weighted by molar-refractivity contribution is 0.707. The molecule has 2 heterocycles. The maximum absolute atomic E-state index is 11.6. The van der Waals surface area contributed by atoms with Crippen LogP contribution < -0.4 is 16.2 Å². The van der Waals surface area contributed by atoms with E-state index in [-0.39, 0.29) is 11.6 Å². The molecule has 1 atom stereocenters. The van der Waals surface area contributed by atoms with E-state index in [2.05, 4.69) is 48.1 Å². The van der Waals surface area contributed by atoms with Crippen LogP contribution in [0.4, 0.5) is 11.6 Å². The molecule has 0 saturated heterocycles. The molecule has 0 radical (unpaired) electrons. The Morgan fingerprint density at radius 1 is 1.04 bits per heavy atom. The fraction of sp³-hybridized carbons (Fsp3) is 0.158. The van der Waals surface area contributed by atoms with Crippen LogP contribution in [0.2, 0.25) is 0 Å². The van der Waals surface area contributed by atoms with Crippen molar-refractivity contribution in [3.8, 4) is 0 Å². The van der Waals surface area contributed by atoms with Crippen LogP contribution in [0.15, 0.2) is 65.7 Å². The Morgan fingerprint density at radius 3 is 2.74 bits per heavy atom. The number of nitrogens with one attached hydrogen (secondary N) is 4. The smallest absolute Gasteiger partial charge is 0.271 e. The Balaban J connectivity index is 1.45. The van der Waals surface area contributed by atoms with Gasteiger partial charge in [-0.2, -0.15) is 5.10 Å². The molecule has 1 unspecified atom stereocenters. The molecule has 2 aromatic carbocycles. The van der Waals surface area contributed by atoms with Crippen molar-refractivity contribution in [1.29, 1.82) is 0 Å². The van der Waals surface area contributed by atoms with Gasteiger partial charge in [0.25, 0.3) is 5.56 Å². The van der Waals surface area contributed by atoms with Crippen molar-refractivity contribution >= 4 is 22.5 Å². The van der Waals surface area contributed by atoms with Crippen LogP contribution in [-0.2, 0) is 0 Å². The summed E-state index contributed by atoms with van der Waals surface area (Å²) >= 11 is 0. The molecule has 0 aliphatic carbocycles. The molecule has 0 aliphatic rings. The zero-order chi connectivity index (χ0) is 18.5. The number of aromatic nitrogens is 5. The first-order chi connectivity index (χ1) is 13.3. The number of aromatic amines is 2. The first kappa shape index (κ1) is 16.8. The minimum atomic E-state index is -0.110. The lowest BCUT2D eigenvalue weighted by atomic mass is 10.0. The first-order valence-corrected chi connectivity index (χ1v) is 8.69. The molecule has 2 aromatic heterocycles. The predicted octanol–water partition coefficient (Wildman–Crippen LogP) is 2.70. The minimum absolute atomic E-state index is 0.0405. The van der Waals surface area contributed by atoms with Crippen LogP contribution >= 0.6 is 0 Å². The maximum Gasteiger partial charge on any atom is 0.271 e.